The molecular weight excluding hydrogens is 238 g/mol. The molecule has 0 unspecified atom stereocenters. The maximum absolute atomic E-state index is 11.3. The van der Waals surface area contributed by atoms with Crippen LogP contribution in [0.2, 0.25) is 0 Å². The van der Waals surface area contributed by atoms with E-state index < -0.39 is 0 Å². The monoisotopic (exact) mass is 257 g/mol. The van der Waals surface area contributed by atoms with Crippen LogP contribution in [0.15, 0.2) is 30.3 Å². The van der Waals surface area contributed by atoms with Crippen molar-refractivity contribution in [2.45, 2.75) is 26.8 Å². The molecule has 0 radical (unpaired) electrons. The number of hydrogen-bond acceptors (Lipinski definition) is 3. The van der Waals surface area contributed by atoms with Gasteiger partial charge in [0.25, 0.3) is 0 Å². The molecule has 0 aliphatic heterocycles. The van der Waals surface area contributed by atoms with Gasteiger partial charge in [0.1, 0.15) is 5.82 Å². The highest BCUT2D eigenvalue weighted by atomic mass is 16.1. The van der Waals surface area contributed by atoms with E-state index >= 15 is 0 Å². The summed E-state index contributed by atoms with van der Waals surface area (Å²) in [6, 6.07) is 10.2. The van der Waals surface area contributed by atoms with E-state index in [1.165, 1.54) is 0 Å². The van der Waals surface area contributed by atoms with Crippen LogP contribution in [-0.2, 0) is 0 Å². The fourth-order valence-electron chi connectivity index (χ4n) is 2.00. The van der Waals surface area contributed by atoms with Crippen LogP contribution in [0.25, 0.3) is 5.69 Å². The summed E-state index contributed by atoms with van der Waals surface area (Å²) >= 11 is 0. The minimum atomic E-state index is 0.289. The second-order valence-electron chi connectivity index (χ2n) is 4.89. The molecule has 2 aromatic rings. The van der Waals surface area contributed by atoms with Gasteiger partial charge in [0.2, 0.25) is 0 Å². The van der Waals surface area contributed by atoms with Gasteiger partial charge in [-0.3, -0.25) is 4.79 Å². The predicted octanol–water partition coefficient (Wildman–Crippen LogP) is 2.84. The van der Waals surface area contributed by atoms with E-state index in [4.69, 9.17) is 0 Å². The van der Waals surface area contributed by atoms with Crippen molar-refractivity contribution in [1.29, 1.82) is 0 Å². The number of nitrogens with zero attached hydrogens (tertiary/aromatic N) is 3. The molecular formula is C15H19N3O. The van der Waals surface area contributed by atoms with Crippen molar-refractivity contribution in [3.05, 3.63) is 41.6 Å². The molecule has 0 spiro atoms. The summed E-state index contributed by atoms with van der Waals surface area (Å²) in [4.78, 5) is 13.4. The van der Waals surface area contributed by atoms with Crippen LogP contribution >= 0.6 is 0 Å². The van der Waals surface area contributed by atoms with E-state index in [-0.39, 0.29) is 6.04 Å². The lowest BCUT2D eigenvalue weighted by Crippen LogP contribution is -2.28. The van der Waals surface area contributed by atoms with E-state index in [2.05, 4.69) is 23.8 Å². The largest absolute Gasteiger partial charge is 0.357 e. The third kappa shape index (κ3) is 2.38. The molecule has 0 aliphatic rings. The lowest BCUT2D eigenvalue weighted by molar-refractivity contribution is 0.112. The molecule has 2 rings (SSSR count). The highest BCUT2D eigenvalue weighted by Crippen LogP contribution is 2.26. The molecule has 100 valence electrons. The minimum Gasteiger partial charge on any atom is -0.357 e. The van der Waals surface area contributed by atoms with Crippen LogP contribution in [0.4, 0.5) is 5.82 Å². The Bertz CT molecular complexity index is 573. The summed E-state index contributed by atoms with van der Waals surface area (Å²) in [6.07, 6.45) is 0.885. The Morgan fingerprint density at radius 3 is 2.42 bits per heavy atom. The zero-order chi connectivity index (χ0) is 14.0. The van der Waals surface area contributed by atoms with Crippen LogP contribution in [0, 0.1) is 6.92 Å². The number of anilines is 1. The quantitative estimate of drug-likeness (QED) is 0.790. The zero-order valence-electron chi connectivity index (χ0n) is 11.8. The Morgan fingerprint density at radius 2 is 1.89 bits per heavy atom. The van der Waals surface area contributed by atoms with Gasteiger partial charge in [-0.1, -0.05) is 18.2 Å². The van der Waals surface area contributed by atoms with Gasteiger partial charge in [-0.25, -0.2) is 4.68 Å². The SMILES string of the molecule is Cc1nn(-c2ccccc2)c(N(C)C(C)C)c1C=O. The molecule has 1 aromatic heterocycles. The molecule has 0 aliphatic carbocycles. The van der Waals surface area contributed by atoms with Crippen LogP contribution in [0.5, 0.6) is 0 Å². The number of carbonyl (C=O) groups is 1. The Kier molecular flexibility index (Phi) is 3.69. The maximum atomic E-state index is 11.3. The number of hydrogen-bond donors (Lipinski definition) is 0. The van der Waals surface area contributed by atoms with Crippen molar-refractivity contribution in [1.82, 2.24) is 9.78 Å². The molecule has 0 saturated heterocycles. The Hall–Kier alpha value is -2.10. The van der Waals surface area contributed by atoms with Gasteiger partial charge in [-0.2, -0.15) is 5.10 Å². The summed E-state index contributed by atoms with van der Waals surface area (Å²) < 4.78 is 1.83. The fourth-order valence-corrected chi connectivity index (χ4v) is 2.00. The summed E-state index contributed by atoms with van der Waals surface area (Å²) in [5.74, 6) is 0.841. The van der Waals surface area contributed by atoms with Crippen molar-refractivity contribution in [3.63, 3.8) is 0 Å². The topological polar surface area (TPSA) is 38.1 Å². The zero-order valence-corrected chi connectivity index (χ0v) is 11.8. The summed E-state index contributed by atoms with van der Waals surface area (Å²) in [7, 11) is 1.98. The fraction of sp³-hybridized carbons (Fsp3) is 0.333. The molecule has 0 saturated carbocycles. The standard InChI is InChI=1S/C15H19N3O/c1-11(2)17(4)15-14(10-19)12(3)16-18(15)13-8-6-5-7-9-13/h5-11H,1-4H3. The Morgan fingerprint density at radius 1 is 1.26 bits per heavy atom. The van der Waals surface area contributed by atoms with Gasteiger partial charge in [0.15, 0.2) is 6.29 Å². The van der Waals surface area contributed by atoms with Crippen LogP contribution in [0.1, 0.15) is 29.9 Å². The third-order valence-electron chi connectivity index (χ3n) is 3.31. The molecule has 0 bridgehead atoms. The lowest BCUT2D eigenvalue weighted by Gasteiger charge is -2.25. The molecule has 1 heterocycles. The van der Waals surface area contributed by atoms with Crippen molar-refractivity contribution in [2.75, 3.05) is 11.9 Å². The first kappa shape index (κ1) is 13.3. The van der Waals surface area contributed by atoms with Gasteiger partial charge >= 0.3 is 0 Å². The van der Waals surface area contributed by atoms with Crippen molar-refractivity contribution < 1.29 is 4.79 Å². The first-order valence-electron chi connectivity index (χ1n) is 6.39. The molecule has 0 fully saturated rings. The average Bonchev–Trinajstić information content (AvgIpc) is 2.75. The van der Waals surface area contributed by atoms with Gasteiger partial charge in [0, 0.05) is 13.1 Å². The van der Waals surface area contributed by atoms with E-state index in [9.17, 15) is 4.79 Å². The highest BCUT2D eigenvalue weighted by Gasteiger charge is 2.20. The molecule has 0 atom stereocenters. The summed E-state index contributed by atoms with van der Waals surface area (Å²) in [5, 5.41) is 4.50. The second-order valence-corrected chi connectivity index (χ2v) is 4.89. The summed E-state index contributed by atoms with van der Waals surface area (Å²) in [6.45, 7) is 6.04. The van der Waals surface area contributed by atoms with Crippen molar-refractivity contribution in [3.8, 4) is 5.69 Å². The third-order valence-corrected chi connectivity index (χ3v) is 3.31. The molecule has 4 heteroatoms. The number of rotatable bonds is 4. The predicted molar refractivity (Wildman–Crippen MR) is 77.2 cm³/mol. The molecule has 19 heavy (non-hydrogen) atoms. The average molecular weight is 257 g/mol. The van der Waals surface area contributed by atoms with Crippen molar-refractivity contribution in [2.24, 2.45) is 0 Å². The smallest absolute Gasteiger partial charge is 0.155 e. The molecule has 1 aromatic carbocycles. The van der Waals surface area contributed by atoms with Gasteiger partial charge in [-0.15, -0.1) is 0 Å². The van der Waals surface area contributed by atoms with E-state index in [0.717, 1.165) is 23.5 Å². The number of para-hydroxylation sites is 1. The first-order chi connectivity index (χ1) is 9.06. The summed E-state index contributed by atoms with van der Waals surface area (Å²) in [5.41, 5.74) is 2.36. The molecule has 0 amide bonds. The van der Waals surface area contributed by atoms with E-state index in [0.29, 0.717) is 5.56 Å². The van der Waals surface area contributed by atoms with Gasteiger partial charge in [0.05, 0.1) is 16.9 Å². The highest BCUT2D eigenvalue weighted by molar-refractivity contribution is 5.85. The van der Waals surface area contributed by atoms with Gasteiger partial charge in [-0.05, 0) is 32.9 Å². The number of aryl methyl sites for hydroxylation is 1. The Labute approximate surface area is 113 Å². The number of carbonyl (C=O) groups excluding carboxylic acids is 1. The first-order valence-corrected chi connectivity index (χ1v) is 6.39. The molecule has 0 N–H and O–H groups in total. The Balaban J connectivity index is 2.65. The van der Waals surface area contributed by atoms with Crippen LogP contribution in [-0.4, -0.2) is 29.2 Å². The van der Waals surface area contributed by atoms with Gasteiger partial charge < -0.3 is 4.90 Å². The van der Waals surface area contributed by atoms with Crippen LogP contribution < -0.4 is 4.90 Å². The second kappa shape index (κ2) is 5.26. The maximum Gasteiger partial charge on any atom is 0.155 e. The number of aromatic nitrogens is 2. The molecule has 4 nitrogen and oxygen atoms in total. The minimum absolute atomic E-state index is 0.289. The van der Waals surface area contributed by atoms with E-state index in [1.807, 2.05) is 49.0 Å². The normalized spacial score (nSPS) is 10.8. The van der Waals surface area contributed by atoms with Crippen molar-refractivity contribution >= 4 is 12.1 Å². The van der Waals surface area contributed by atoms with Crippen LogP contribution in [0.3, 0.4) is 0 Å². The lowest BCUT2D eigenvalue weighted by atomic mass is 10.2. The van der Waals surface area contributed by atoms with E-state index in [1.54, 1.807) is 0 Å². The number of aldehydes is 1. The number of benzene rings is 1.